The molecule has 0 aliphatic heterocycles. The minimum atomic E-state index is -1.13. The summed E-state index contributed by atoms with van der Waals surface area (Å²) in [5.74, 6) is -1.83. The van der Waals surface area contributed by atoms with Crippen LogP contribution in [0.5, 0.6) is 5.75 Å². The van der Waals surface area contributed by atoms with Crippen LogP contribution in [0, 0.1) is 10.5 Å². The summed E-state index contributed by atoms with van der Waals surface area (Å²) in [4.78, 5) is 23.3. The van der Waals surface area contributed by atoms with Gasteiger partial charge in [-0.2, -0.15) is 0 Å². The second-order valence-corrected chi connectivity index (χ2v) is 5.72. The molecule has 5 nitrogen and oxygen atoms in total. The van der Waals surface area contributed by atoms with E-state index in [2.05, 4.69) is 5.32 Å². The number of nitrogens with one attached hydrogen (secondary N) is 1. The predicted molar refractivity (Wildman–Crippen MR) is 86.9 cm³/mol. The second kappa shape index (κ2) is 6.13. The Balaban J connectivity index is 2.34. The number of hydrogen-bond donors (Lipinski definition) is 3. The van der Waals surface area contributed by atoms with Gasteiger partial charge in [0, 0.05) is 3.57 Å². The number of anilines is 1. The molecule has 0 aromatic heterocycles. The zero-order valence-electron chi connectivity index (χ0n) is 11.1. The molecule has 2 rings (SSSR count). The van der Waals surface area contributed by atoms with Crippen molar-refractivity contribution in [2.24, 2.45) is 0 Å². The standard InChI is InChI=1S/C15H12INO4/c1-8-2-4-10(13(18)6-8)14(19)17-12-5-3-9(16)7-11(12)15(20)21/h2-7,18H,1H3,(H,17,19)(H,20,21). The Morgan fingerprint density at radius 2 is 1.81 bits per heavy atom. The molecule has 0 fully saturated rings. The van der Waals surface area contributed by atoms with E-state index in [4.69, 9.17) is 5.11 Å². The van der Waals surface area contributed by atoms with Gasteiger partial charge >= 0.3 is 5.97 Å². The van der Waals surface area contributed by atoms with Crippen LogP contribution in [0.3, 0.4) is 0 Å². The summed E-state index contributed by atoms with van der Waals surface area (Å²) in [5.41, 5.74) is 1.11. The van der Waals surface area contributed by atoms with Gasteiger partial charge in [-0.15, -0.1) is 0 Å². The van der Waals surface area contributed by atoms with Crippen molar-refractivity contribution < 1.29 is 19.8 Å². The van der Waals surface area contributed by atoms with Crippen molar-refractivity contribution >= 4 is 40.2 Å². The fraction of sp³-hybridized carbons (Fsp3) is 0.0667. The summed E-state index contributed by atoms with van der Waals surface area (Å²) in [5, 5.41) is 21.5. The lowest BCUT2D eigenvalue weighted by Crippen LogP contribution is -2.15. The van der Waals surface area contributed by atoms with Crippen molar-refractivity contribution in [3.8, 4) is 5.75 Å². The lowest BCUT2D eigenvalue weighted by molar-refractivity contribution is 0.0698. The van der Waals surface area contributed by atoms with E-state index in [1.54, 1.807) is 19.1 Å². The normalized spacial score (nSPS) is 10.2. The first-order chi connectivity index (χ1) is 9.88. The van der Waals surface area contributed by atoms with E-state index in [0.29, 0.717) is 0 Å². The van der Waals surface area contributed by atoms with E-state index >= 15 is 0 Å². The molecular weight excluding hydrogens is 385 g/mol. The fourth-order valence-electron chi connectivity index (χ4n) is 1.83. The van der Waals surface area contributed by atoms with Crippen LogP contribution in [0.4, 0.5) is 5.69 Å². The first-order valence-corrected chi connectivity index (χ1v) is 7.10. The van der Waals surface area contributed by atoms with E-state index in [1.807, 2.05) is 22.6 Å². The van der Waals surface area contributed by atoms with Gasteiger partial charge in [-0.1, -0.05) is 6.07 Å². The molecule has 6 heteroatoms. The molecule has 2 aromatic rings. The Hall–Kier alpha value is -2.09. The van der Waals surface area contributed by atoms with Crippen molar-refractivity contribution in [2.75, 3.05) is 5.32 Å². The third-order valence-electron chi connectivity index (χ3n) is 2.86. The number of carboxylic acids is 1. The van der Waals surface area contributed by atoms with Gasteiger partial charge in [0.1, 0.15) is 5.75 Å². The van der Waals surface area contributed by atoms with Crippen LogP contribution in [0.1, 0.15) is 26.3 Å². The number of halogens is 1. The third kappa shape index (κ3) is 3.52. The van der Waals surface area contributed by atoms with E-state index in [1.165, 1.54) is 24.3 Å². The average Bonchev–Trinajstić information content (AvgIpc) is 2.40. The van der Waals surface area contributed by atoms with Crippen molar-refractivity contribution in [1.82, 2.24) is 0 Å². The van der Waals surface area contributed by atoms with Crippen LogP contribution < -0.4 is 5.32 Å². The zero-order valence-corrected chi connectivity index (χ0v) is 13.2. The minimum Gasteiger partial charge on any atom is -0.507 e. The molecule has 0 heterocycles. The number of aromatic hydroxyl groups is 1. The van der Waals surface area contributed by atoms with Gasteiger partial charge < -0.3 is 15.5 Å². The van der Waals surface area contributed by atoms with Crippen LogP contribution in [-0.4, -0.2) is 22.1 Å². The summed E-state index contributed by atoms with van der Waals surface area (Å²) in [6, 6.07) is 9.34. The molecule has 0 aliphatic carbocycles. The molecule has 21 heavy (non-hydrogen) atoms. The van der Waals surface area contributed by atoms with Crippen LogP contribution in [-0.2, 0) is 0 Å². The maximum Gasteiger partial charge on any atom is 0.337 e. The Bertz CT molecular complexity index is 728. The van der Waals surface area contributed by atoms with Gasteiger partial charge in [-0.25, -0.2) is 4.79 Å². The third-order valence-corrected chi connectivity index (χ3v) is 3.53. The molecule has 1 amide bonds. The lowest BCUT2D eigenvalue weighted by atomic mass is 10.1. The van der Waals surface area contributed by atoms with Gasteiger partial charge in [0.15, 0.2) is 0 Å². The summed E-state index contributed by atoms with van der Waals surface area (Å²) >= 11 is 1.99. The van der Waals surface area contributed by atoms with E-state index < -0.39 is 11.9 Å². The Morgan fingerprint density at radius 3 is 2.43 bits per heavy atom. The van der Waals surface area contributed by atoms with Crippen molar-refractivity contribution in [2.45, 2.75) is 6.92 Å². The molecule has 0 aliphatic rings. The van der Waals surface area contributed by atoms with E-state index in [0.717, 1.165) is 9.13 Å². The summed E-state index contributed by atoms with van der Waals surface area (Å²) in [6.07, 6.45) is 0. The molecular formula is C15H12INO4. The first-order valence-electron chi connectivity index (χ1n) is 6.02. The van der Waals surface area contributed by atoms with Crippen molar-refractivity contribution in [1.29, 1.82) is 0 Å². The predicted octanol–water partition coefficient (Wildman–Crippen LogP) is 3.26. The van der Waals surface area contributed by atoms with Crippen molar-refractivity contribution in [3.63, 3.8) is 0 Å². The number of rotatable bonds is 3. The van der Waals surface area contributed by atoms with Crippen molar-refractivity contribution in [3.05, 3.63) is 56.7 Å². The van der Waals surface area contributed by atoms with E-state index in [-0.39, 0.29) is 22.6 Å². The molecule has 0 saturated heterocycles. The number of carboxylic acid groups (broad SMARTS) is 1. The molecule has 3 N–H and O–H groups in total. The Kier molecular flexibility index (Phi) is 4.46. The zero-order chi connectivity index (χ0) is 15.6. The van der Waals surface area contributed by atoms with Crippen LogP contribution >= 0.6 is 22.6 Å². The monoisotopic (exact) mass is 397 g/mol. The molecule has 2 aromatic carbocycles. The van der Waals surface area contributed by atoms with Gasteiger partial charge in [-0.05, 0) is 65.4 Å². The largest absolute Gasteiger partial charge is 0.507 e. The molecule has 0 bridgehead atoms. The molecule has 0 unspecified atom stereocenters. The molecule has 0 saturated carbocycles. The van der Waals surface area contributed by atoms with Crippen LogP contribution in [0.15, 0.2) is 36.4 Å². The number of phenols is 1. The SMILES string of the molecule is Cc1ccc(C(=O)Nc2ccc(I)cc2C(=O)O)c(O)c1. The highest BCUT2D eigenvalue weighted by atomic mass is 127. The maximum absolute atomic E-state index is 12.1. The van der Waals surface area contributed by atoms with Crippen LogP contribution in [0.2, 0.25) is 0 Å². The number of carbonyl (C=O) groups is 2. The van der Waals surface area contributed by atoms with Gasteiger partial charge in [0.05, 0.1) is 16.8 Å². The molecule has 108 valence electrons. The summed E-state index contributed by atoms with van der Waals surface area (Å²) in [6.45, 7) is 1.79. The van der Waals surface area contributed by atoms with Crippen LogP contribution in [0.25, 0.3) is 0 Å². The highest BCUT2D eigenvalue weighted by molar-refractivity contribution is 14.1. The number of amides is 1. The number of aromatic carboxylic acids is 1. The number of carbonyl (C=O) groups excluding carboxylic acids is 1. The quantitative estimate of drug-likeness (QED) is 0.695. The van der Waals surface area contributed by atoms with E-state index in [9.17, 15) is 14.7 Å². The van der Waals surface area contributed by atoms with Gasteiger partial charge in [0.2, 0.25) is 0 Å². The highest BCUT2D eigenvalue weighted by Crippen LogP contribution is 2.23. The minimum absolute atomic E-state index is 0.00171. The molecule has 0 atom stereocenters. The smallest absolute Gasteiger partial charge is 0.337 e. The number of hydrogen-bond acceptors (Lipinski definition) is 3. The van der Waals surface area contributed by atoms with Gasteiger partial charge in [-0.3, -0.25) is 4.79 Å². The Morgan fingerprint density at radius 1 is 1.10 bits per heavy atom. The molecule has 0 spiro atoms. The average molecular weight is 397 g/mol. The number of phenolic OH excluding ortho intramolecular Hbond substituents is 1. The maximum atomic E-state index is 12.1. The Labute approximate surface area is 134 Å². The first kappa shape index (κ1) is 15.3. The summed E-state index contributed by atoms with van der Waals surface area (Å²) in [7, 11) is 0. The summed E-state index contributed by atoms with van der Waals surface area (Å²) < 4.78 is 0.751. The fourth-order valence-corrected chi connectivity index (χ4v) is 2.32. The molecule has 0 radical (unpaired) electrons. The number of aryl methyl sites for hydroxylation is 1. The second-order valence-electron chi connectivity index (χ2n) is 4.47. The lowest BCUT2D eigenvalue weighted by Gasteiger charge is -2.10. The topological polar surface area (TPSA) is 86.6 Å². The van der Waals surface area contributed by atoms with Gasteiger partial charge in [0.25, 0.3) is 5.91 Å². The highest BCUT2D eigenvalue weighted by Gasteiger charge is 2.16. The number of benzene rings is 2.